The van der Waals surface area contributed by atoms with Crippen LogP contribution in [0.2, 0.25) is 0 Å². The summed E-state index contributed by atoms with van der Waals surface area (Å²) in [6.07, 6.45) is 1.35. The molecule has 1 atom stereocenters. The van der Waals surface area contributed by atoms with Gasteiger partial charge in [-0.15, -0.1) is 5.10 Å². The van der Waals surface area contributed by atoms with Crippen molar-refractivity contribution in [3.05, 3.63) is 46.3 Å². The Bertz CT molecular complexity index is 790. The van der Waals surface area contributed by atoms with E-state index in [1.54, 1.807) is 6.07 Å². The van der Waals surface area contributed by atoms with E-state index in [2.05, 4.69) is 15.6 Å². The molecule has 0 spiro atoms. The van der Waals surface area contributed by atoms with Gasteiger partial charge >= 0.3 is 5.97 Å². The highest BCUT2D eigenvalue weighted by Gasteiger charge is 2.22. The number of amides is 1. The fourth-order valence-corrected chi connectivity index (χ4v) is 1.97. The molecule has 1 aromatic heterocycles. The Balaban J connectivity index is 2.14. The Morgan fingerprint density at radius 3 is 2.88 bits per heavy atom. The number of hydrogen-bond acceptors (Lipinski definition) is 7. The maximum atomic E-state index is 12.1. The molecule has 132 valence electrons. The number of ether oxygens (including phenoxy) is 1. The number of hydrogen-bond donors (Lipinski definition) is 2. The average molecular weight is 349 g/mol. The lowest BCUT2D eigenvalue weighted by Crippen LogP contribution is -2.41. The zero-order valence-electron chi connectivity index (χ0n) is 13.2. The number of rotatable bonds is 8. The van der Waals surface area contributed by atoms with E-state index in [1.165, 1.54) is 36.2 Å². The van der Waals surface area contributed by atoms with Crippen molar-refractivity contribution >= 4 is 17.6 Å². The van der Waals surface area contributed by atoms with Gasteiger partial charge in [0.1, 0.15) is 6.04 Å². The largest absolute Gasteiger partial charge is 0.480 e. The summed E-state index contributed by atoms with van der Waals surface area (Å²) in [7, 11) is 1.42. The summed E-state index contributed by atoms with van der Waals surface area (Å²) in [5.74, 6) is -1.92. The van der Waals surface area contributed by atoms with Gasteiger partial charge < -0.3 is 15.2 Å². The van der Waals surface area contributed by atoms with Crippen LogP contribution >= 0.6 is 0 Å². The predicted molar refractivity (Wildman–Crippen MR) is 83.4 cm³/mol. The highest BCUT2D eigenvalue weighted by molar-refractivity contribution is 5.94. The van der Waals surface area contributed by atoms with Crippen molar-refractivity contribution in [3.63, 3.8) is 0 Å². The standard InChI is InChI=1S/C14H15N5O6/c1-25-6-5-11(14(21)22)15-13(20)12-8-18(17-16-12)9-3-2-4-10(7-9)19(23)24/h2-4,7-8,11H,5-6H2,1H3,(H,15,20)(H,21,22). The second-order valence-electron chi connectivity index (χ2n) is 4.97. The Morgan fingerprint density at radius 1 is 1.48 bits per heavy atom. The van der Waals surface area contributed by atoms with Crippen molar-refractivity contribution in [2.24, 2.45) is 0 Å². The number of carbonyl (C=O) groups excluding carboxylic acids is 1. The summed E-state index contributed by atoms with van der Waals surface area (Å²) in [5.41, 5.74) is 0.0922. The quantitative estimate of drug-likeness (QED) is 0.513. The van der Waals surface area contributed by atoms with Crippen LogP contribution in [0.5, 0.6) is 0 Å². The molecule has 1 unspecified atom stereocenters. The number of benzene rings is 1. The van der Waals surface area contributed by atoms with Gasteiger partial charge in [0, 0.05) is 32.3 Å². The SMILES string of the molecule is COCCC(NC(=O)c1cn(-c2cccc([N+](=O)[O-])c2)nn1)C(=O)O. The van der Waals surface area contributed by atoms with Crippen LogP contribution in [0, 0.1) is 10.1 Å². The van der Waals surface area contributed by atoms with Gasteiger partial charge in [-0.1, -0.05) is 11.3 Å². The Labute approximate surface area is 141 Å². The third-order valence-electron chi connectivity index (χ3n) is 3.25. The maximum Gasteiger partial charge on any atom is 0.326 e. The van der Waals surface area contributed by atoms with Crippen LogP contribution in [-0.2, 0) is 9.53 Å². The van der Waals surface area contributed by atoms with Gasteiger partial charge in [-0.3, -0.25) is 14.9 Å². The lowest BCUT2D eigenvalue weighted by atomic mass is 10.2. The molecule has 0 aliphatic heterocycles. The number of nitro groups is 1. The highest BCUT2D eigenvalue weighted by atomic mass is 16.6. The minimum Gasteiger partial charge on any atom is -0.480 e. The minimum atomic E-state index is -1.20. The summed E-state index contributed by atoms with van der Waals surface area (Å²) in [5, 5.41) is 29.6. The molecule has 2 rings (SSSR count). The lowest BCUT2D eigenvalue weighted by Gasteiger charge is -2.12. The molecule has 0 bridgehead atoms. The molecule has 2 N–H and O–H groups in total. The molecule has 0 saturated carbocycles. The number of nitrogens with zero attached hydrogens (tertiary/aromatic N) is 4. The molecule has 11 heteroatoms. The van der Waals surface area contributed by atoms with Crippen LogP contribution in [0.3, 0.4) is 0 Å². The van der Waals surface area contributed by atoms with Gasteiger partial charge in [0.15, 0.2) is 5.69 Å². The number of nitro benzene ring substituents is 1. The van der Waals surface area contributed by atoms with E-state index < -0.39 is 22.8 Å². The van der Waals surface area contributed by atoms with Crippen molar-refractivity contribution < 1.29 is 24.4 Å². The molecule has 1 amide bonds. The van der Waals surface area contributed by atoms with Crippen molar-refractivity contribution in [2.45, 2.75) is 12.5 Å². The summed E-state index contributed by atoms with van der Waals surface area (Å²) in [6.45, 7) is 0.164. The summed E-state index contributed by atoms with van der Waals surface area (Å²) < 4.78 is 5.99. The van der Waals surface area contributed by atoms with E-state index in [0.717, 1.165) is 0 Å². The molecule has 0 radical (unpaired) electrons. The highest BCUT2D eigenvalue weighted by Crippen LogP contribution is 2.16. The Morgan fingerprint density at radius 2 is 2.24 bits per heavy atom. The van der Waals surface area contributed by atoms with Crippen LogP contribution < -0.4 is 5.32 Å². The second kappa shape index (κ2) is 7.97. The van der Waals surface area contributed by atoms with Crippen molar-refractivity contribution in [1.29, 1.82) is 0 Å². The first-order valence-corrected chi connectivity index (χ1v) is 7.12. The number of aromatic nitrogens is 3. The molecule has 0 aliphatic rings. The predicted octanol–water partition coefficient (Wildman–Crippen LogP) is 0.395. The van der Waals surface area contributed by atoms with Gasteiger partial charge in [-0.2, -0.15) is 0 Å². The molecule has 25 heavy (non-hydrogen) atoms. The first-order valence-electron chi connectivity index (χ1n) is 7.12. The number of non-ortho nitro benzene ring substituents is 1. The zero-order chi connectivity index (χ0) is 18.4. The van der Waals surface area contributed by atoms with Crippen LogP contribution in [-0.4, -0.2) is 56.7 Å². The number of nitrogens with one attached hydrogen (secondary N) is 1. The van der Waals surface area contributed by atoms with Crippen LogP contribution in [0.25, 0.3) is 5.69 Å². The van der Waals surface area contributed by atoms with E-state index in [9.17, 15) is 19.7 Å². The van der Waals surface area contributed by atoms with E-state index in [4.69, 9.17) is 9.84 Å². The van der Waals surface area contributed by atoms with Crippen molar-refractivity contribution in [1.82, 2.24) is 20.3 Å². The Hall–Kier alpha value is -3.34. The maximum absolute atomic E-state index is 12.1. The van der Waals surface area contributed by atoms with Gasteiger partial charge in [-0.25, -0.2) is 9.48 Å². The number of carboxylic acid groups (broad SMARTS) is 1. The minimum absolute atomic E-state index is 0.0938. The Kier molecular flexibility index (Phi) is 5.74. The molecule has 1 aromatic carbocycles. The van der Waals surface area contributed by atoms with E-state index in [1.807, 2.05) is 0 Å². The van der Waals surface area contributed by atoms with Crippen LogP contribution in [0.4, 0.5) is 5.69 Å². The monoisotopic (exact) mass is 349 g/mol. The number of methoxy groups -OCH3 is 1. The van der Waals surface area contributed by atoms with Gasteiger partial charge in [0.05, 0.1) is 16.8 Å². The number of aliphatic carboxylic acids is 1. The number of carbonyl (C=O) groups is 2. The molecule has 1 heterocycles. The van der Waals surface area contributed by atoms with Gasteiger partial charge in [0.2, 0.25) is 0 Å². The van der Waals surface area contributed by atoms with E-state index in [-0.39, 0.29) is 24.4 Å². The first-order chi connectivity index (χ1) is 11.9. The first kappa shape index (κ1) is 18.0. The van der Waals surface area contributed by atoms with Crippen LogP contribution in [0.1, 0.15) is 16.9 Å². The molecular formula is C14H15N5O6. The lowest BCUT2D eigenvalue weighted by molar-refractivity contribution is -0.384. The third-order valence-corrected chi connectivity index (χ3v) is 3.25. The van der Waals surface area contributed by atoms with Crippen molar-refractivity contribution in [3.8, 4) is 5.69 Å². The summed E-state index contributed by atoms with van der Waals surface area (Å²) in [6, 6.07) is 4.49. The fourth-order valence-electron chi connectivity index (χ4n) is 1.97. The molecule has 0 saturated heterocycles. The van der Waals surface area contributed by atoms with Crippen molar-refractivity contribution in [2.75, 3.05) is 13.7 Å². The summed E-state index contributed by atoms with van der Waals surface area (Å²) >= 11 is 0. The molecule has 2 aromatic rings. The molecular weight excluding hydrogens is 334 g/mol. The van der Waals surface area contributed by atoms with Gasteiger partial charge in [-0.05, 0) is 6.07 Å². The fraction of sp³-hybridized carbons (Fsp3) is 0.286. The van der Waals surface area contributed by atoms with E-state index in [0.29, 0.717) is 5.69 Å². The third kappa shape index (κ3) is 4.57. The normalized spacial score (nSPS) is 11.7. The topological polar surface area (TPSA) is 149 Å². The van der Waals surface area contributed by atoms with E-state index >= 15 is 0 Å². The second-order valence-corrected chi connectivity index (χ2v) is 4.97. The van der Waals surface area contributed by atoms with Gasteiger partial charge in [0.25, 0.3) is 11.6 Å². The van der Waals surface area contributed by atoms with Crippen LogP contribution in [0.15, 0.2) is 30.5 Å². The molecule has 0 aliphatic carbocycles. The number of carboxylic acids is 1. The smallest absolute Gasteiger partial charge is 0.326 e. The molecule has 11 nitrogen and oxygen atoms in total. The average Bonchev–Trinajstić information content (AvgIpc) is 3.08. The molecule has 0 fully saturated rings. The summed E-state index contributed by atoms with van der Waals surface area (Å²) in [4.78, 5) is 33.5. The zero-order valence-corrected chi connectivity index (χ0v) is 13.2.